The van der Waals surface area contributed by atoms with Gasteiger partial charge in [0.05, 0.1) is 19.3 Å². The smallest absolute Gasteiger partial charge is 0.319 e. The summed E-state index contributed by atoms with van der Waals surface area (Å²) in [5.41, 5.74) is -0.284. The zero-order valence-electron chi connectivity index (χ0n) is 12.1. The van der Waals surface area contributed by atoms with Crippen molar-refractivity contribution in [2.45, 2.75) is 20.0 Å². The fourth-order valence-corrected chi connectivity index (χ4v) is 1.79. The normalized spacial score (nSPS) is 10.4. The third-order valence-electron chi connectivity index (χ3n) is 2.93. The lowest BCUT2D eigenvalue weighted by molar-refractivity contribution is 0.251. The maximum Gasteiger partial charge on any atom is 0.319 e. The molecule has 2 N–H and O–H groups in total. The number of methoxy groups -OCH3 is 1. The summed E-state index contributed by atoms with van der Waals surface area (Å²) in [6, 6.07) is 1.02. The molecule has 1 aromatic carbocycles. The maximum absolute atomic E-state index is 13.7. The van der Waals surface area contributed by atoms with Crippen molar-refractivity contribution in [3.8, 4) is 5.75 Å². The van der Waals surface area contributed by atoms with Crippen molar-refractivity contribution in [3.63, 3.8) is 0 Å². The predicted molar refractivity (Wildman–Crippen MR) is 74.5 cm³/mol. The van der Waals surface area contributed by atoms with E-state index < -0.39 is 17.7 Å². The van der Waals surface area contributed by atoms with E-state index in [-0.39, 0.29) is 18.0 Å². The van der Waals surface area contributed by atoms with E-state index in [0.717, 1.165) is 12.1 Å². The van der Waals surface area contributed by atoms with Gasteiger partial charge < -0.3 is 19.9 Å². The van der Waals surface area contributed by atoms with Crippen molar-refractivity contribution in [2.24, 2.45) is 0 Å². The number of carbonyl (C=O) groups excluding carboxylic acids is 1. The number of nitrogens with zero attached hydrogens (tertiary/aromatic N) is 3. The molecule has 1 aromatic heterocycles. The third kappa shape index (κ3) is 3.48. The molecule has 0 spiro atoms. The number of carbonyl (C=O) groups is 1. The standard InChI is InChI=1S/C13H15F2N5O2/c1-3-20-7-17-19-12(20)6-16-13(21)18-10-4-9(15)11(22-2)5-8(10)14/h4-5,7H,3,6H2,1-2H3,(H2,16,18,21). The van der Waals surface area contributed by atoms with E-state index in [1.807, 2.05) is 6.92 Å². The molecule has 0 aliphatic rings. The summed E-state index contributed by atoms with van der Waals surface area (Å²) in [7, 11) is 1.22. The van der Waals surface area contributed by atoms with Gasteiger partial charge in [0, 0.05) is 18.7 Å². The van der Waals surface area contributed by atoms with Gasteiger partial charge in [0.1, 0.15) is 6.33 Å². The zero-order chi connectivity index (χ0) is 16.1. The van der Waals surface area contributed by atoms with Gasteiger partial charge in [0.2, 0.25) is 0 Å². The molecule has 0 fully saturated rings. The fourth-order valence-electron chi connectivity index (χ4n) is 1.79. The summed E-state index contributed by atoms with van der Waals surface area (Å²) in [6.45, 7) is 2.67. The Balaban J connectivity index is 1.99. The number of halogens is 2. The minimum atomic E-state index is -0.801. The third-order valence-corrected chi connectivity index (χ3v) is 2.93. The van der Waals surface area contributed by atoms with Crippen molar-refractivity contribution in [3.05, 3.63) is 35.9 Å². The van der Waals surface area contributed by atoms with Gasteiger partial charge in [-0.2, -0.15) is 0 Å². The highest BCUT2D eigenvalue weighted by Crippen LogP contribution is 2.24. The lowest BCUT2D eigenvalue weighted by Gasteiger charge is -2.10. The number of nitrogens with one attached hydrogen (secondary N) is 2. The second-order valence-corrected chi connectivity index (χ2v) is 4.31. The van der Waals surface area contributed by atoms with E-state index in [2.05, 4.69) is 25.6 Å². The number of aryl methyl sites for hydroxylation is 1. The van der Waals surface area contributed by atoms with E-state index in [1.165, 1.54) is 13.4 Å². The molecule has 2 aromatic rings. The van der Waals surface area contributed by atoms with Crippen LogP contribution < -0.4 is 15.4 Å². The quantitative estimate of drug-likeness (QED) is 0.884. The van der Waals surface area contributed by atoms with E-state index in [4.69, 9.17) is 0 Å². The number of hydrogen-bond donors (Lipinski definition) is 2. The van der Waals surface area contributed by atoms with Crippen LogP contribution in [0.5, 0.6) is 5.75 Å². The largest absolute Gasteiger partial charge is 0.494 e. The summed E-state index contributed by atoms with van der Waals surface area (Å²) in [4.78, 5) is 11.7. The predicted octanol–water partition coefficient (Wildman–Crippen LogP) is 1.91. The Labute approximate surface area is 125 Å². The summed E-state index contributed by atoms with van der Waals surface area (Å²) < 4.78 is 33.6. The Morgan fingerprint density at radius 1 is 1.36 bits per heavy atom. The fraction of sp³-hybridized carbons (Fsp3) is 0.308. The van der Waals surface area contributed by atoms with E-state index in [9.17, 15) is 13.6 Å². The molecule has 9 heteroatoms. The lowest BCUT2D eigenvalue weighted by atomic mass is 10.2. The van der Waals surface area contributed by atoms with E-state index in [1.54, 1.807) is 4.57 Å². The average Bonchev–Trinajstić information content (AvgIpc) is 2.96. The highest BCUT2D eigenvalue weighted by atomic mass is 19.1. The number of amides is 2. The molecular weight excluding hydrogens is 296 g/mol. The Morgan fingerprint density at radius 3 is 2.82 bits per heavy atom. The molecule has 7 nitrogen and oxygen atoms in total. The Hall–Kier alpha value is -2.71. The highest BCUT2D eigenvalue weighted by Gasteiger charge is 2.13. The number of hydrogen-bond acceptors (Lipinski definition) is 4. The number of benzene rings is 1. The minimum absolute atomic E-state index is 0.111. The summed E-state index contributed by atoms with van der Waals surface area (Å²) in [6.07, 6.45) is 1.54. The van der Waals surface area contributed by atoms with Crippen LogP contribution in [0.25, 0.3) is 0 Å². The van der Waals surface area contributed by atoms with Crippen LogP contribution in [0.4, 0.5) is 19.3 Å². The molecule has 0 saturated heterocycles. The molecule has 0 atom stereocenters. The van der Waals surface area contributed by atoms with Crippen molar-refractivity contribution < 1.29 is 18.3 Å². The Bertz CT molecular complexity index is 674. The SMILES string of the molecule is CCn1cnnc1CNC(=O)Nc1cc(F)c(OC)cc1F. The Morgan fingerprint density at radius 2 is 2.14 bits per heavy atom. The number of ether oxygens (including phenoxy) is 1. The molecule has 0 aliphatic carbocycles. The summed E-state index contributed by atoms with van der Waals surface area (Å²) in [5.74, 6) is -1.26. The first-order valence-electron chi connectivity index (χ1n) is 6.49. The van der Waals surface area contributed by atoms with Gasteiger partial charge in [-0.25, -0.2) is 13.6 Å². The molecule has 0 saturated carbocycles. The second-order valence-electron chi connectivity index (χ2n) is 4.31. The zero-order valence-corrected chi connectivity index (χ0v) is 12.1. The van der Waals surface area contributed by atoms with E-state index in [0.29, 0.717) is 12.4 Å². The van der Waals surface area contributed by atoms with Gasteiger partial charge >= 0.3 is 6.03 Å². The summed E-state index contributed by atoms with van der Waals surface area (Å²) >= 11 is 0. The van der Waals surface area contributed by atoms with Crippen molar-refractivity contribution in [1.82, 2.24) is 20.1 Å². The molecule has 1 heterocycles. The molecule has 0 bridgehead atoms. The van der Waals surface area contributed by atoms with Gasteiger partial charge in [0.25, 0.3) is 0 Å². The topological polar surface area (TPSA) is 81.1 Å². The van der Waals surface area contributed by atoms with Crippen LogP contribution in [0, 0.1) is 11.6 Å². The van der Waals surface area contributed by atoms with Crippen LogP contribution in [-0.4, -0.2) is 27.9 Å². The molecule has 118 valence electrons. The van der Waals surface area contributed by atoms with Crippen LogP contribution in [0.3, 0.4) is 0 Å². The van der Waals surface area contributed by atoms with Gasteiger partial charge in [-0.3, -0.25) is 0 Å². The van der Waals surface area contributed by atoms with Gasteiger partial charge in [0.15, 0.2) is 23.2 Å². The average molecular weight is 311 g/mol. The van der Waals surface area contributed by atoms with Gasteiger partial charge in [-0.15, -0.1) is 10.2 Å². The number of urea groups is 1. The molecule has 2 rings (SSSR count). The van der Waals surface area contributed by atoms with Crippen molar-refractivity contribution in [1.29, 1.82) is 0 Å². The molecule has 2 amide bonds. The lowest BCUT2D eigenvalue weighted by Crippen LogP contribution is -2.29. The maximum atomic E-state index is 13.7. The second kappa shape index (κ2) is 6.83. The summed E-state index contributed by atoms with van der Waals surface area (Å²) in [5, 5.41) is 12.3. The van der Waals surface area contributed by atoms with Crippen LogP contribution in [0.2, 0.25) is 0 Å². The van der Waals surface area contributed by atoms with Crippen LogP contribution >= 0.6 is 0 Å². The van der Waals surface area contributed by atoms with Crippen LogP contribution in [-0.2, 0) is 13.1 Å². The first-order valence-corrected chi connectivity index (χ1v) is 6.49. The van der Waals surface area contributed by atoms with Crippen molar-refractivity contribution >= 4 is 11.7 Å². The minimum Gasteiger partial charge on any atom is -0.494 e. The highest BCUT2D eigenvalue weighted by molar-refractivity contribution is 5.89. The number of rotatable bonds is 5. The van der Waals surface area contributed by atoms with E-state index >= 15 is 0 Å². The van der Waals surface area contributed by atoms with Crippen LogP contribution in [0.15, 0.2) is 18.5 Å². The van der Waals surface area contributed by atoms with Crippen molar-refractivity contribution in [2.75, 3.05) is 12.4 Å². The monoisotopic (exact) mass is 311 g/mol. The molecule has 0 unspecified atom stereocenters. The number of anilines is 1. The van der Waals surface area contributed by atoms with Gasteiger partial charge in [-0.1, -0.05) is 0 Å². The van der Waals surface area contributed by atoms with Crippen LogP contribution in [0.1, 0.15) is 12.7 Å². The Kier molecular flexibility index (Phi) is 4.87. The first-order chi connectivity index (χ1) is 10.5. The molecular formula is C13H15F2N5O2. The van der Waals surface area contributed by atoms with Gasteiger partial charge in [-0.05, 0) is 6.92 Å². The molecule has 0 aliphatic heterocycles. The molecule has 22 heavy (non-hydrogen) atoms. The number of aromatic nitrogens is 3. The molecule has 0 radical (unpaired) electrons. The first kappa shape index (κ1) is 15.7.